The highest BCUT2D eigenvalue weighted by atomic mass is 35.5. The van der Waals surface area contributed by atoms with Crippen LogP contribution in [0.1, 0.15) is 18.4 Å². The van der Waals surface area contributed by atoms with E-state index in [9.17, 15) is 4.21 Å². The third kappa shape index (κ3) is 3.00. The Hall–Kier alpha value is -1.13. The molecule has 2 rings (SSSR count). The maximum Gasteiger partial charge on any atom is 0.129 e. The van der Waals surface area contributed by atoms with Gasteiger partial charge in [-0.1, -0.05) is 18.5 Å². The summed E-state index contributed by atoms with van der Waals surface area (Å²) in [6.45, 7) is 2.00. The summed E-state index contributed by atoms with van der Waals surface area (Å²) in [5, 5.41) is 3.17. The molecule has 3 nitrogen and oxygen atoms in total. The minimum atomic E-state index is -2.01. The summed E-state index contributed by atoms with van der Waals surface area (Å²) in [6.07, 6.45) is 4.13. The number of aryl methyl sites for hydroxylation is 1. The Kier molecular flexibility index (Phi) is 3.59. The number of rotatable bonds is 2. The van der Waals surface area contributed by atoms with Crippen LogP contribution in [0.2, 0.25) is 5.02 Å². The fourth-order valence-corrected chi connectivity index (χ4v) is 2.58. The van der Waals surface area contributed by atoms with Gasteiger partial charge in [0.05, 0.1) is 11.2 Å². The van der Waals surface area contributed by atoms with Crippen LogP contribution in [0.15, 0.2) is 18.2 Å². The van der Waals surface area contributed by atoms with Crippen molar-refractivity contribution in [2.24, 2.45) is 0 Å². The van der Waals surface area contributed by atoms with Crippen molar-refractivity contribution in [2.45, 2.75) is 13.3 Å². The van der Waals surface area contributed by atoms with Gasteiger partial charge in [-0.05, 0) is 27.7 Å². The molecule has 0 aliphatic heterocycles. The number of fused-ring (bicyclic) bond motifs is 1. The molecule has 0 spiro atoms. The number of hydrogen-bond donors (Lipinski definition) is 0. The molecule has 96 valence electrons. The topological polar surface area (TPSA) is 42.9 Å². The van der Waals surface area contributed by atoms with Crippen molar-refractivity contribution < 1.29 is 4.21 Å². The first kappa shape index (κ1) is 13.3. The van der Waals surface area contributed by atoms with E-state index < -0.39 is 9.52 Å². The van der Waals surface area contributed by atoms with Crippen molar-refractivity contribution in [2.75, 3.05) is 12.5 Å². The molecule has 1 aromatic heterocycles. The summed E-state index contributed by atoms with van der Waals surface area (Å²) in [6, 6.07) is 5.48. The molecular weight excluding hydrogens is 268 g/mol. The van der Waals surface area contributed by atoms with Crippen LogP contribution in [0.5, 0.6) is 0 Å². The fraction of sp³-hybridized carbons (Fsp3) is 0.308. The van der Waals surface area contributed by atoms with E-state index in [1.807, 2.05) is 19.1 Å². The summed E-state index contributed by atoms with van der Waals surface area (Å²) in [4.78, 5) is 8.88. The lowest BCUT2D eigenvalue weighted by molar-refractivity contribution is 0.688. The van der Waals surface area contributed by atoms with Crippen molar-refractivity contribution >= 4 is 37.4 Å². The minimum absolute atomic E-state index is 0.628. The Labute approximate surface area is 112 Å². The van der Waals surface area contributed by atoms with Crippen molar-refractivity contribution in [3.05, 3.63) is 34.7 Å². The van der Waals surface area contributed by atoms with E-state index in [0.717, 1.165) is 23.1 Å². The van der Waals surface area contributed by atoms with E-state index in [2.05, 4.69) is 9.97 Å². The van der Waals surface area contributed by atoms with Gasteiger partial charge in [0, 0.05) is 34.7 Å². The van der Waals surface area contributed by atoms with E-state index in [-0.39, 0.29) is 0 Å². The zero-order valence-electron chi connectivity index (χ0n) is 10.6. The monoisotopic (exact) mass is 282 g/mol. The van der Waals surface area contributed by atoms with Gasteiger partial charge >= 0.3 is 0 Å². The molecule has 0 radical (unpaired) electrons. The van der Waals surface area contributed by atoms with Gasteiger partial charge in [-0.25, -0.2) is 9.97 Å². The number of hydrogen-bond acceptors (Lipinski definition) is 3. The second-order valence-electron chi connectivity index (χ2n) is 4.47. The summed E-state index contributed by atoms with van der Waals surface area (Å²) in [7, 11) is -2.01. The van der Waals surface area contributed by atoms with Gasteiger partial charge in [0.15, 0.2) is 0 Å². The normalized spacial score (nSPS) is 11.8. The van der Waals surface area contributed by atoms with Gasteiger partial charge < -0.3 is 0 Å². The van der Waals surface area contributed by atoms with Gasteiger partial charge in [0.2, 0.25) is 0 Å². The Bertz CT molecular complexity index is 710. The lowest BCUT2D eigenvalue weighted by atomic mass is 10.2. The van der Waals surface area contributed by atoms with E-state index in [0.29, 0.717) is 10.7 Å². The highest BCUT2D eigenvalue weighted by Crippen LogP contribution is 2.20. The Balaban J connectivity index is 2.84. The average Bonchev–Trinajstić information content (AvgIpc) is 2.27. The summed E-state index contributed by atoms with van der Waals surface area (Å²) in [5.74, 6) is 0.750. The highest BCUT2D eigenvalue weighted by Gasteiger charge is 2.07. The molecule has 0 unspecified atom stereocenters. The first-order chi connectivity index (χ1) is 8.39. The Morgan fingerprint density at radius 3 is 2.67 bits per heavy atom. The smallest absolute Gasteiger partial charge is 0.129 e. The number of nitrogens with zero attached hydrogens (tertiary/aromatic N) is 2. The second kappa shape index (κ2) is 4.86. The van der Waals surface area contributed by atoms with E-state index in [4.69, 9.17) is 11.6 Å². The molecule has 0 saturated heterocycles. The summed E-state index contributed by atoms with van der Waals surface area (Å²) in [5.41, 5.74) is 1.54. The standard InChI is InChI=1S/C13H15ClN2OS/c1-4-13-15-11-6-5-9(14)7-10(11)12(16-13)8-18(2,3)17/h5-8H,4H2,1-3H3. The number of halogens is 1. The molecule has 0 bridgehead atoms. The molecule has 5 heteroatoms. The molecule has 1 heterocycles. The van der Waals surface area contributed by atoms with E-state index in [1.165, 1.54) is 0 Å². The third-order valence-electron chi connectivity index (χ3n) is 2.45. The van der Waals surface area contributed by atoms with Crippen LogP contribution in [0.4, 0.5) is 0 Å². The summed E-state index contributed by atoms with van der Waals surface area (Å²) < 4.78 is 11.9. The maximum absolute atomic E-state index is 11.9. The van der Waals surface area contributed by atoms with Crippen LogP contribution >= 0.6 is 11.6 Å². The van der Waals surface area contributed by atoms with E-state index in [1.54, 1.807) is 23.9 Å². The van der Waals surface area contributed by atoms with Crippen LogP contribution in [-0.4, -0.2) is 32.1 Å². The van der Waals surface area contributed by atoms with Crippen LogP contribution in [0, 0.1) is 0 Å². The van der Waals surface area contributed by atoms with Crippen molar-refractivity contribution in [1.82, 2.24) is 9.97 Å². The minimum Gasteiger partial charge on any atom is -0.268 e. The SMILES string of the molecule is CCc1nc(C=S(C)(C)=O)c2cc(Cl)ccc2n1. The highest BCUT2D eigenvalue weighted by molar-refractivity contribution is 8.00. The Morgan fingerprint density at radius 1 is 1.33 bits per heavy atom. The predicted molar refractivity (Wildman–Crippen MR) is 79.1 cm³/mol. The lowest BCUT2D eigenvalue weighted by Crippen LogP contribution is -2.05. The fourth-order valence-electron chi connectivity index (χ4n) is 1.69. The molecule has 18 heavy (non-hydrogen) atoms. The van der Waals surface area contributed by atoms with Gasteiger partial charge in [0.1, 0.15) is 5.82 Å². The molecule has 0 fully saturated rings. The van der Waals surface area contributed by atoms with Crippen LogP contribution in [-0.2, 0) is 15.9 Å². The van der Waals surface area contributed by atoms with Gasteiger partial charge in [-0.3, -0.25) is 4.21 Å². The lowest BCUT2D eigenvalue weighted by Gasteiger charge is -2.06. The number of aromatic nitrogens is 2. The predicted octanol–water partition coefficient (Wildman–Crippen LogP) is 2.54. The van der Waals surface area contributed by atoms with Crippen LogP contribution in [0.3, 0.4) is 0 Å². The molecule has 1 aromatic carbocycles. The molecule has 2 aromatic rings. The van der Waals surface area contributed by atoms with E-state index >= 15 is 0 Å². The third-order valence-corrected chi connectivity index (χ3v) is 3.47. The molecule has 0 aliphatic rings. The second-order valence-corrected chi connectivity index (χ2v) is 7.76. The first-order valence-corrected chi connectivity index (χ1v) is 8.46. The molecular formula is C13H15ClN2OS. The van der Waals surface area contributed by atoms with Crippen LogP contribution < -0.4 is 0 Å². The maximum atomic E-state index is 11.9. The zero-order valence-corrected chi connectivity index (χ0v) is 12.2. The van der Waals surface area contributed by atoms with Gasteiger partial charge in [-0.2, -0.15) is 0 Å². The average molecular weight is 283 g/mol. The molecule has 0 saturated carbocycles. The van der Waals surface area contributed by atoms with Gasteiger partial charge in [0.25, 0.3) is 0 Å². The zero-order chi connectivity index (χ0) is 13.3. The molecule has 0 atom stereocenters. The van der Waals surface area contributed by atoms with Crippen LogP contribution in [0.25, 0.3) is 10.9 Å². The van der Waals surface area contributed by atoms with Crippen molar-refractivity contribution in [3.63, 3.8) is 0 Å². The van der Waals surface area contributed by atoms with Gasteiger partial charge in [-0.15, -0.1) is 0 Å². The molecule has 0 amide bonds. The largest absolute Gasteiger partial charge is 0.268 e. The van der Waals surface area contributed by atoms with Crippen molar-refractivity contribution in [3.8, 4) is 0 Å². The number of benzene rings is 1. The quantitative estimate of drug-likeness (QED) is 0.795. The summed E-state index contributed by atoms with van der Waals surface area (Å²) >= 11 is 5.99. The Morgan fingerprint density at radius 2 is 2.06 bits per heavy atom. The molecule has 0 N–H and O–H groups in total. The first-order valence-electron chi connectivity index (χ1n) is 5.64. The van der Waals surface area contributed by atoms with Crippen molar-refractivity contribution in [1.29, 1.82) is 0 Å². The molecule has 0 aliphatic carbocycles.